The maximum Gasteiger partial charge on any atom is 0.0910 e. The van der Waals surface area contributed by atoms with Gasteiger partial charge in [-0.3, -0.25) is 0 Å². The number of rotatable bonds is 10. The molecule has 0 aromatic rings. The minimum atomic E-state index is 0.607. The summed E-state index contributed by atoms with van der Waals surface area (Å²) in [7, 11) is 1.65. The predicted octanol–water partition coefficient (Wildman–Crippen LogP) is 1.25. The van der Waals surface area contributed by atoms with Crippen LogP contribution in [0.1, 0.15) is 13.8 Å². The van der Waals surface area contributed by atoms with Crippen molar-refractivity contribution >= 4 is 0 Å². The van der Waals surface area contributed by atoms with Gasteiger partial charge in [0.15, 0.2) is 0 Å². The van der Waals surface area contributed by atoms with Crippen LogP contribution in [0.3, 0.4) is 0 Å². The summed E-state index contributed by atoms with van der Waals surface area (Å²) in [6.07, 6.45) is 0.963. The molecule has 0 aromatic carbocycles. The van der Waals surface area contributed by atoms with Crippen molar-refractivity contribution in [3.05, 3.63) is 6.10 Å². The van der Waals surface area contributed by atoms with E-state index in [1.54, 1.807) is 7.11 Å². The summed E-state index contributed by atoms with van der Waals surface area (Å²) in [6, 6.07) is 0. The second-order valence-corrected chi connectivity index (χ2v) is 2.97. The SMILES string of the molecule is COCCOCCOCCO[C](C)C. The highest BCUT2D eigenvalue weighted by molar-refractivity contribution is 4.59. The summed E-state index contributed by atoms with van der Waals surface area (Å²) in [4.78, 5) is 0. The van der Waals surface area contributed by atoms with E-state index < -0.39 is 0 Å². The van der Waals surface area contributed by atoms with Crippen LogP contribution in [0.25, 0.3) is 0 Å². The number of hydrogen-bond acceptors (Lipinski definition) is 4. The molecule has 85 valence electrons. The van der Waals surface area contributed by atoms with Crippen LogP contribution in [-0.4, -0.2) is 46.8 Å². The standard InChI is InChI=1S/C10H21O4/c1-10(2)14-9-8-13-7-6-12-5-4-11-3/h4-9H2,1-3H3. The Morgan fingerprint density at radius 1 is 0.786 bits per heavy atom. The molecule has 0 unspecified atom stereocenters. The molecule has 0 saturated heterocycles. The molecule has 0 amide bonds. The van der Waals surface area contributed by atoms with Gasteiger partial charge in [0, 0.05) is 7.11 Å². The summed E-state index contributed by atoms with van der Waals surface area (Å²) in [5.74, 6) is 0. The van der Waals surface area contributed by atoms with Crippen LogP contribution in [0.2, 0.25) is 0 Å². The zero-order valence-electron chi connectivity index (χ0n) is 9.38. The van der Waals surface area contributed by atoms with Crippen molar-refractivity contribution in [2.75, 3.05) is 46.8 Å². The Morgan fingerprint density at radius 3 is 1.79 bits per heavy atom. The predicted molar refractivity (Wildman–Crippen MR) is 54.1 cm³/mol. The van der Waals surface area contributed by atoms with Crippen LogP contribution in [0.5, 0.6) is 0 Å². The molecule has 0 N–H and O–H groups in total. The van der Waals surface area contributed by atoms with Gasteiger partial charge in [-0.15, -0.1) is 0 Å². The van der Waals surface area contributed by atoms with Gasteiger partial charge in [0.2, 0.25) is 0 Å². The van der Waals surface area contributed by atoms with E-state index in [0.717, 1.165) is 6.10 Å². The maximum absolute atomic E-state index is 5.26. The molecule has 0 spiro atoms. The van der Waals surface area contributed by atoms with Gasteiger partial charge >= 0.3 is 0 Å². The van der Waals surface area contributed by atoms with Crippen molar-refractivity contribution in [3.63, 3.8) is 0 Å². The maximum atomic E-state index is 5.26. The van der Waals surface area contributed by atoms with E-state index in [4.69, 9.17) is 18.9 Å². The van der Waals surface area contributed by atoms with Gasteiger partial charge in [-0.05, 0) is 13.8 Å². The van der Waals surface area contributed by atoms with Gasteiger partial charge in [-0.1, -0.05) is 0 Å². The third-order valence-corrected chi connectivity index (χ3v) is 1.42. The Bertz CT molecular complexity index is 106. The minimum Gasteiger partial charge on any atom is -0.382 e. The van der Waals surface area contributed by atoms with Crippen LogP contribution < -0.4 is 0 Å². The average Bonchev–Trinajstić information content (AvgIpc) is 2.15. The summed E-state index contributed by atoms with van der Waals surface area (Å²) in [5.41, 5.74) is 0. The lowest BCUT2D eigenvalue weighted by Gasteiger charge is -2.07. The van der Waals surface area contributed by atoms with E-state index in [-0.39, 0.29) is 0 Å². The quantitative estimate of drug-likeness (QED) is 0.503. The molecule has 1 radical (unpaired) electrons. The number of hydrogen-bond donors (Lipinski definition) is 0. The fraction of sp³-hybridized carbons (Fsp3) is 0.900. The second kappa shape index (κ2) is 10.9. The van der Waals surface area contributed by atoms with Crippen LogP contribution in [0, 0.1) is 6.10 Å². The fourth-order valence-corrected chi connectivity index (χ4v) is 0.769. The largest absolute Gasteiger partial charge is 0.382 e. The van der Waals surface area contributed by atoms with Crippen molar-refractivity contribution in [2.45, 2.75) is 13.8 Å². The van der Waals surface area contributed by atoms with Gasteiger partial charge in [-0.25, -0.2) is 0 Å². The Kier molecular flexibility index (Phi) is 10.8. The molecule has 4 nitrogen and oxygen atoms in total. The lowest BCUT2D eigenvalue weighted by atomic mass is 10.5. The molecule has 0 bridgehead atoms. The van der Waals surface area contributed by atoms with E-state index >= 15 is 0 Å². The van der Waals surface area contributed by atoms with Gasteiger partial charge < -0.3 is 18.9 Å². The van der Waals surface area contributed by atoms with Crippen molar-refractivity contribution in [1.82, 2.24) is 0 Å². The summed E-state index contributed by atoms with van der Waals surface area (Å²) < 4.78 is 20.5. The molecule has 0 rings (SSSR count). The van der Waals surface area contributed by atoms with E-state index in [0.29, 0.717) is 39.6 Å². The lowest BCUT2D eigenvalue weighted by Crippen LogP contribution is -2.11. The highest BCUT2D eigenvalue weighted by atomic mass is 16.6. The molecular formula is C10H21O4. The molecule has 0 heterocycles. The summed E-state index contributed by atoms with van der Waals surface area (Å²) in [6.45, 7) is 7.54. The molecular weight excluding hydrogens is 184 g/mol. The first-order valence-corrected chi connectivity index (χ1v) is 4.84. The van der Waals surface area contributed by atoms with Gasteiger partial charge in [0.1, 0.15) is 0 Å². The van der Waals surface area contributed by atoms with E-state index in [1.165, 1.54) is 0 Å². The smallest absolute Gasteiger partial charge is 0.0910 e. The number of ether oxygens (including phenoxy) is 4. The first-order chi connectivity index (χ1) is 6.77. The van der Waals surface area contributed by atoms with Crippen LogP contribution in [0.4, 0.5) is 0 Å². The van der Waals surface area contributed by atoms with Crippen molar-refractivity contribution in [3.8, 4) is 0 Å². The van der Waals surface area contributed by atoms with Crippen LogP contribution >= 0.6 is 0 Å². The summed E-state index contributed by atoms with van der Waals surface area (Å²) in [5, 5.41) is 0. The highest BCUT2D eigenvalue weighted by Crippen LogP contribution is 1.95. The van der Waals surface area contributed by atoms with E-state index in [9.17, 15) is 0 Å². The Hall–Kier alpha value is -0.160. The molecule has 0 aliphatic rings. The monoisotopic (exact) mass is 205 g/mol. The first kappa shape index (κ1) is 13.8. The van der Waals surface area contributed by atoms with Crippen molar-refractivity contribution in [1.29, 1.82) is 0 Å². The third-order valence-electron chi connectivity index (χ3n) is 1.42. The molecule has 0 aromatic heterocycles. The lowest BCUT2D eigenvalue weighted by molar-refractivity contribution is 0.00689. The molecule has 0 fully saturated rings. The fourth-order valence-electron chi connectivity index (χ4n) is 0.769. The van der Waals surface area contributed by atoms with Crippen molar-refractivity contribution in [2.24, 2.45) is 0 Å². The highest BCUT2D eigenvalue weighted by Gasteiger charge is 1.94. The zero-order valence-corrected chi connectivity index (χ0v) is 9.38. The Labute approximate surface area is 86.5 Å². The topological polar surface area (TPSA) is 36.9 Å². The zero-order chi connectivity index (χ0) is 10.6. The Balaban J connectivity index is 2.85. The van der Waals surface area contributed by atoms with Crippen LogP contribution in [0.15, 0.2) is 0 Å². The molecule has 4 heteroatoms. The normalized spacial score (nSPS) is 11.1. The third kappa shape index (κ3) is 11.8. The van der Waals surface area contributed by atoms with E-state index in [2.05, 4.69) is 0 Å². The van der Waals surface area contributed by atoms with Crippen LogP contribution in [-0.2, 0) is 18.9 Å². The number of methoxy groups -OCH3 is 1. The first-order valence-electron chi connectivity index (χ1n) is 4.84. The molecule has 0 aliphatic carbocycles. The van der Waals surface area contributed by atoms with Crippen molar-refractivity contribution < 1.29 is 18.9 Å². The van der Waals surface area contributed by atoms with Gasteiger partial charge in [0.25, 0.3) is 0 Å². The minimum absolute atomic E-state index is 0.607. The molecule has 0 atom stereocenters. The molecule has 14 heavy (non-hydrogen) atoms. The molecule has 0 saturated carbocycles. The van der Waals surface area contributed by atoms with E-state index in [1.807, 2.05) is 13.8 Å². The molecule has 0 aliphatic heterocycles. The van der Waals surface area contributed by atoms with Gasteiger partial charge in [0.05, 0.1) is 45.7 Å². The second-order valence-electron chi connectivity index (χ2n) is 2.97. The Morgan fingerprint density at radius 2 is 1.29 bits per heavy atom. The average molecular weight is 205 g/mol. The van der Waals surface area contributed by atoms with Gasteiger partial charge in [-0.2, -0.15) is 0 Å². The summed E-state index contributed by atoms with van der Waals surface area (Å²) >= 11 is 0.